The Morgan fingerprint density at radius 3 is 1.76 bits per heavy atom. The van der Waals surface area contributed by atoms with Gasteiger partial charge < -0.3 is 9.80 Å². The molecule has 156 valence electrons. The third-order valence-corrected chi connectivity index (χ3v) is 7.23. The molecule has 2 aliphatic rings. The Balaban J connectivity index is 1.41. The standard InChI is InChI=1S/C19H23F2N5O2S/c20-15-12-16(21)14-17(13-15)29(27,28)26-10-8-25(9-11-26)19-5-4-18(22-23-19)24-6-2-1-3-7-24/h4-5,12-14H,1-3,6-11H2. The molecule has 0 amide bonds. The van der Waals surface area contributed by atoms with Crippen molar-refractivity contribution >= 4 is 21.7 Å². The maximum Gasteiger partial charge on any atom is 0.243 e. The molecule has 0 atom stereocenters. The Morgan fingerprint density at radius 1 is 0.724 bits per heavy atom. The third kappa shape index (κ3) is 4.32. The van der Waals surface area contributed by atoms with Crippen molar-refractivity contribution in [2.45, 2.75) is 24.2 Å². The van der Waals surface area contributed by atoms with E-state index in [1.165, 1.54) is 10.7 Å². The Kier molecular flexibility index (Phi) is 5.64. The van der Waals surface area contributed by atoms with E-state index in [1.807, 2.05) is 17.0 Å². The van der Waals surface area contributed by atoms with Crippen LogP contribution in [0.4, 0.5) is 20.4 Å². The highest BCUT2D eigenvalue weighted by atomic mass is 32.2. The van der Waals surface area contributed by atoms with Crippen LogP contribution in [0, 0.1) is 11.6 Å². The van der Waals surface area contributed by atoms with Crippen LogP contribution in [0.15, 0.2) is 35.2 Å². The first kappa shape index (κ1) is 20.0. The van der Waals surface area contributed by atoms with E-state index in [0.29, 0.717) is 25.0 Å². The van der Waals surface area contributed by atoms with Gasteiger partial charge in [0.1, 0.15) is 11.6 Å². The maximum absolute atomic E-state index is 13.4. The smallest absolute Gasteiger partial charge is 0.243 e. The summed E-state index contributed by atoms with van der Waals surface area (Å²) < 4.78 is 53.5. The molecular weight excluding hydrogens is 400 g/mol. The highest BCUT2D eigenvalue weighted by Gasteiger charge is 2.30. The summed E-state index contributed by atoms with van der Waals surface area (Å²) in [5.74, 6) is -0.264. The second-order valence-corrected chi connectivity index (χ2v) is 9.23. The van der Waals surface area contributed by atoms with Crippen LogP contribution in [0.3, 0.4) is 0 Å². The molecule has 1 aromatic heterocycles. The van der Waals surface area contributed by atoms with E-state index in [1.54, 1.807) is 0 Å². The van der Waals surface area contributed by atoms with Crippen molar-refractivity contribution in [2.75, 3.05) is 49.1 Å². The van der Waals surface area contributed by atoms with Crippen molar-refractivity contribution in [1.29, 1.82) is 0 Å². The second-order valence-electron chi connectivity index (χ2n) is 7.29. The molecule has 2 aliphatic heterocycles. The summed E-state index contributed by atoms with van der Waals surface area (Å²) in [6.07, 6.45) is 3.57. The molecule has 0 radical (unpaired) electrons. The summed E-state index contributed by atoms with van der Waals surface area (Å²) in [5.41, 5.74) is 0. The molecule has 4 rings (SSSR count). The van der Waals surface area contributed by atoms with Gasteiger partial charge in [0.15, 0.2) is 11.6 Å². The molecule has 3 heterocycles. The minimum absolute atomic E-state index is 0.204. The predicted octanol–water partition coefficient (Wildman–Crippen LogP) is 2.26. The average Bonchev–Trinajstić information content (AvgIpc) is 2.74. The fourth-order valence-corrected chi connectivity index (χ4v) is 5.23. The van der Waals surface area contributed by atoms with Crippen LogP contribution in [0.2, 0.25) is 0 Å². The molecular formula is C19H23F2N5O2S. The van der Waals surface area contributed by atoms with E-state index in [4.69, 9.17) is 0 Å². The number of hydrogen-bond donors (Lipinski definition) is 0. The van der Waals surface area contributed by atoms with Crippen molar-refractivity contribution in [3.8, 4) is 0 Å². The SMILES string of the molecule is O=S(=O)(c1cc(F)cc(F)c1)N1CCN(c2ccc(N3CCCCC3)nn2)CC1. The van der Waals surface area contributed by atoms with Gasteiger partial charge >= 0.3 is 0 Å². The van der Waals surface area contributed by atoms with Crippen LogP contribution in [0.1, 0.15) is 19.3 Å². The molecule has 0 spiro atoms. The van der Waals surface area contributed by atoms with Crippen molar-refractivity contribution in [3.63, 3.8) is 0 Å². The number of hydrogen-bond acceptors (Lipinski definition) is 6. The van der Waals surface area contributed by atoms with E-state index in [9.17, 15) is 17.2 Å². The first-order valence-electron chi connectivity index (χ1n) is 9.73. The molecule has 0 saturated carbocycles. The van der Waals surface area contributed by atoms with E-state index in [-0.39, 0.29) is 18.0 Å². The molecule has 0 N–H and O–H groups in total. The molecule has 10 heteroatoms. The Hall–Kier alpha value is -2.33. The zero-order valence-electron chi connectivity index (χ0n) is 16.0. The van der Waals surface area contributed by atoms with Gasteiger partial charge in [0.05, 0.1) is 4.90 Å². The monoisotopic (exact) mass is 423 g/mol. The molecule has 0 unspecified atom stereocenters. The van der Waals surface area contributed by atoms with E-state index < -0.39 is 21.7 Å². The van der Waals surface area contributed by atoms with Gasteiger partial charge in [-0.15, -0.1) is 10.2 Å². The zero-order chi connectivity index (χ0) is 20.4. The minimum atomic E-state index is -3.95. The quantitative estimate of drug-likeness (QED) is 0.752. The maximum atomic E-state index is 13.4. The summed E-state index contributed by atoms with van der Waals surface area (Å²) in [6, 6.07) is 6.20. The first-order chi connectivity index (χ1) is 13.9. The lowest BCUT2D eigenvalue weighted by molar-refractivity contribution is 0.383. The highest BCUT2D eigenvalue weighted by Crippen LogP contribution is 2.23. The van der Waals surface area contributed by atoms with Crippen molar-refractivity contribution in [2.24, 2.45) is 0 Å². The van der Waals surface area contributed by atoms with Crippen molar-refractivity contribution < 1.29 is 17.2 Å². The number of nitrogens with zero attached hydrogens (tertiary/aromatic N) is 5. The summed E-state index contributed by atoms with van der Waals surface area (Å²) in [5, 5.41) is 8.64. The highest BCUT2D eigenvalue weighted by molar-refractivity contribution is 7.89. The Labute approximate surface area is 169 Å². The molecule has 2 saturated heterocycles. The lowest BCUT2D eigenvalue weighted by atomic mass is 10.1. The van der Waals surface area contributed by atoms with Crippen molar-refractivity contribution in [3.05, 3.63) is 42.0 Å². The van der Waals surface area contributed by atoms with E-state index in [0.717, 1.165) is 43.9 Å². The van der Waals surface area contributed by atoms with Gasteiger partial charge in [-0.3, -0.25) is 0 Å². The van der Waals surface area contributed by atoms with Crippen LogP contribution in [0.5, 0.6) is 0 Å². The number of benzene rings is 1. The Bertz CT molecular complexity index is 937. The fraction of sp³-hybridized carbons (Fsp3) is 0.474. The summed E-state index contributed by atoms with van der Waals surface area (Å²) in [7, 11) is -3.95. The van der Waals surface area contributed by atoms with Gasteiger partial charge in [0, 0.05) is 45.3 Å². The topological polar surface area (TPSA) is 69.6 Å². The molecule has 0 bridgehead atoms. The van der Waals surface area contributed by atoms with Gasteiger partial charge in [-0.05, 0) is 43.5 Å². The normalized spacial score (nSPS) is 18.8. The Morgan fingerprint density at radius 2 is 1.24 bits per heavy atom. The fourth-order valence-electron chi connectivity index (χ4n) is 3.76. The van der Waals surface area contributed by atoms with Gasteiger partial charge in [0.2, 0.25) is 10.0 Å². The van der Waals surface area contributed by atoms with Crippen LogP contribution in [0.25, 0.3) is 0 Å². The molecule has 2 fully saturated rings. The molecule has 29 heavy (non-hydrogen) atoms. The summed E-state index contributed by atoms with van der Waals surface area (Å²) >= 11 is 0. The van der Waals surface area contributed by atoms with Crippen molar-refractivity contribution in [1.82, 2.24) is 14.5 Å². The zero-order valence-corrected chi connectivity index (χ0v) is 16.8. The number of piperidine rings is 1. The third-order valence-electron chi connectivity index (χ3n) is 5.35. The largest absolute Gasteiger partial charge is 0.355 e. The van der Waals surface area contributed by atoms with Gasteiger partial charge in [-0.25, -0.2) is 17.2 Å². The van der Waals surface area contributed by atoms with E-state index >= 15 is 0 Å². The molecule has 2 aromatic rings. The summed E-state index contributed by atoms with van der Waals surface area (Å²) in [6.45, 7) is 3.24. The molecule has 7 nitrogen and oxygen atoms in total. The second kappa shape index (κ2) is 8.19. The average molecular weight is 423 g/mol. The lowest BCUT2D eigenvalue weighted by Crippen LogP contribution is -2.49. The van der Waals surface area contributed by atoms with Gasteiger partial charge in [0.25, 0.3) is 0 Å². The molecule has 1 aromatic carbocycles. The predicted molar refractivity (Wildman–Crippen MR) is 105 cm³/mol. The van der Waals surface area contributed by atoms with Gasteiger partial charge in [-0.1, -0.05) is 0 Å². The minimum Gasteiger partial charge on any atom is -0.355 e. The van der Waals surface area contributed by atoms with Crippen LogP contribution in [-0.4, -0.2) is 62.2 Å². The number of rotatable bonds is 4. The number of aromatic nitrogens is 2. The van der Waals surface area contributed by atoms with Crippen LogP contribution in [-0.2, 0) is 10.0 Å². The number of halogens is 2. The van der Waals surface area contributed by atoms with Gasteiger partial charge in [-0.2, -0.15) is 4.31 Å². The number of sulfonamides is 1. The van der Waals surface area contributed by atoms with E-state index in [2.05, 4.69) is 15.1 Å². The number of anilines is 2. The van der Waals surface area contributed by atoms with Crippen LogP contribution >= 0.6 is 0 Å². The number of piperazine rings is 1. The summed E-state index contributed by atoms with van der Waals surface area (Å²) in [4.78, 5) is 3.82. The first-order valence-corrected chi connectivity index (χ1v) is 11.2. The lowest BCUT2D eigenvalue weighted by Gasteiger charge is -2.34. The van der Waals surface area contributed by atoms with Crippen LogP contribution < -0.4 is 9.80 Å². The molecule has 0 aliphatic carbocycles.